The van der Waals surface area contributed by atoms with E-state index < -0.39 is 34.3 Å². The molecule has 0 spiro atoms. The van der Waals surface area contributed by atoms with Crippen molar-refractivity contribution >= 4 is 27.5 Å². The van der Waals surface area contributed by atoms with Gasteiger partial charge in [-0.1, -0.05) is 50.2 Å². The van der Waals surface area contributed by atoms with Crippen LogP contribution in [-0.4, -0.2) is 50.0 Å². The number of hydrogen-bond acceptors (Lipinski definition) is 4. The number of aryl methyl sites for hydroxylation is 1. The van der Waals surface area contributed by atoms with Gasteiger partial charge in [0.2, 0.25) is 21.8 Å². The van der Waals surface area contributed by atoms with Crippen molar-refractivity contribution < 1.29 is 22.4 Å². The van der Waals surface area contributed by atoms with Crippen LogP contribution in [0.4, 0.5) is 10.1 Å². The largest absolute Gasteiger partial charge is 0.352 e. The number of rotatable bonds is 11. The van der Waals surface area contributed by atoms with E-state index in [1.54, 1.807) is 37.3 Å². The van der Waals surface area contributed by atoms with Crippen molar-refractivity contribution in [3.8, 4) is 0 Å². The summed E-state index contributed by atoms with van der Waals surface area (Å²) in [5.74, 6) is -1.50. The number of sulfonamides is 1. The van der Waals surface area contributed by atoms with E-state index in [1.807, 2.05) is 20.8 Å². The Labute approximate surface area is 202 Å². The van der Waals surface area contributed by atoms with Gasteiger partial charge in [0.05, 0.1) is 11.9 Å². The molecule has 0 saturated carbocycles. The zero-order valence-corrected chi connectivity index (χ0v) is 21.2. The third kappa shape index (κ3) is 7.03. The molecular weight excluding hydrogens is 457 g/mol. The molecule has 0 radical (unpaired) electrons. The van der Waals surface area contributed by atoms with Crippen molar-refractivity contribution in [1.29, 1.82) is 0 Å². The number of carbonyl (C=O) groups excluding carboxylic acids is 2. The van der Waals surface area contributed by atoms with E-state index >= 15 is 0 Å². The van der Waals surface area contributed by atoms with Crippen molar-refractivity contribution in [2.75, 3.05) is 17.1 Å². The Morgan fingerprint density at radius 3 is 2.15 bits per heavy atom. The quantitative estimate of drug-likeness (QED) is 0.521. The van der Waals surface area contributed by atoms with Crippen molar-refractivity contribution in [1.82, 2.24) is 10.2 Å². The van der Waals surface area contributed by atoms with E-state index in [-0.39, 0.29) is 24.1 Å². The molecule has 2 aromatic carbocycles. The molecule has 0 aromatic heterocycles. The number of nitrogens with zero attached hydrogens (tertiary/aromatic N) is 2. The molecule has 0 fully saturated rings. The molecule has 0 aliphatic heterocycles. The van der Waals surface area contributed by atoms with Crippen LogP contribution in [0, 0.1) is 5.82 Å². The second-order valence-corrected chi connectivity index (χ2v) is 10.3. The number of nitrogens with one attached hydrogen (secondary N) is 1. The summed E-state index contributed by atoms with van der Waals surface area (Å²) >= 11 is 0. The van der Waals surface area contributed by atoms with E-state index in [2.05, 4.69) is 5.32 Å². The van der Waals surface area contributed by atoms with Gasteiger partial charge in [-0.25, -0.2) is 12.8 Å². The van der Waals surface area contributed by atoms with E-state index in [9.17, 15) is 22.4 Å². The van der Waals surface area contributed by atoms with Gasteiger partial charge in [0.25, 0.3) is 0 Å². The number of benzene rings is 2. The molecule has 2 atom stereocenters. The number of carbonyl (C=O) groups is 2. The van der Waals surface area contributed by atoms with Crippen LogP contribution in [0.15, 0.2) is 48.5 Å². The van der Waals surface area contributed by atoms with Crippen molar-refractivity contribution in [2.45, 2.75) is 59.2 Å². The van der Waals surface area contributed by atoms with Crippen LogP contribution in [0.3, 0.4) is 0 Å². The lowest BCUT2D eigenvalue weighted by molar-refractivity contribution is -0.139. The maximum atomic E-state index is 14.4. The number of halogens is 1. The van der Waals surface area contributed by atoms with Crippen molar-refractivity contribution in [2.24, 2.45) is 0 Å². The smallest absolute Gasteiger partial charge is 0.244 e. The lowest BCUT2D eigenvalue weighted by Crippen LogP contribution is -2.52. The van der Waals surface area contributed by atoms with Gasteiger partial charge >= 0.3 is 0 Å². The van der Waals surface area contributed by atoms with Crippen LogP contribution in [0.2, 0.25) is 0 Å². The maximum absolute atomic E-state index is 14.4. The SMILES string of the molecule is CCc1ccccc1N(CC(=O)N(Cc1ccccc1F)[C@@H](C)C(=O)N[C@H](C)CC)S(C)(=O)=O. The molecule has 1 N–H and O–H groups in total. The zero-order chi connectivity index (χ0) is 25.5. The topological polar surface area (TPSA) is 86.8 Å². The Bertz CT molecular complexity index is 1110. The molecule has 0 aliphatic rings. The van der Waals surface area contributed by atoms with Gasteiger partial charge in [-0.15, -0.1) is 0 Å². The molecule has 34 heavy (non-hydrogen) atoms. The predicted molar refractivity (Wildman–Crippen MR) is 132 cm³/mol. The standard InChI is InChI=1S/C25H34FN3O4S/c1-6-18(3)27-25(31)19(4)28(16-21-13-8-10-14-22(21)26)24(30)17-29(34(5,32)33)23-15-11-9-12-20(23)7-2/h8-15,18-19H,6-7,16-17H2,1-5H3,(H,27,31)/t18-,19+/m1/s1. The third-order valence-electron chi connectivity index (χ3n) is 5.79. The molecule has 0 aliphatic carbocycles. The number of anilines is 1. The normalized spacial score (nSPS) is 13.1. The summed E-state index contributed by atoms with van der Waals surface area (Å²) in [7, 11) is -3.82. The summed E-state index contributed by atoms with van der Waals surface area (Å²) in [6.45, 7) is 6.54. The molecular formula is C25H34FN3O4S. The number of hydrogen-bond donors (Lipinski definition) is 1. The monoisotopic (exact) mass is 491 g/mol. The van der Waals surface area contributed by atoms with Gasteiger partial charge in [0, 0.05) is 18.2 Å². The molecule has 0 bridgehead atoms. The van der Waals surface area contributed by atoms with E-state index in [0.717, 1.165) is 16.1 Å². The molecule has 7 nitrogen and oxygen atoms in total. The van der Waals surface area contributed by atoms with Crippen LogP contribution < -0.4 is 9.62 Å². The highest BCUT2D eigenvalue weighted by Gasteiger charge is 2.31. The van der Waals surface area contributed by atoms with Crippen LogP contribution in [0.5, 0.6) is 0 Å². The highest BCUT2D eigenvalue weighted by molar-refractivity contribution is 7.92. The minimum atomic E-state index is -3.82. The summed E-state index contributed by atoms with van der Waals surface area (Å²) in [6, 6.07) is 11.9. The molecule has 2 rings (SSSR count). The third-order valence-corrected chi connectivity index (χ3v) is 6.91. The van der Waals surface area contributed by atoms with E-state index in [4.69, 9.17) is 0 Å². The Morgan fingerprint density at radius 2 is 1.59 bits per heavy atom. The van der Waals surface area contributed by atoms with Gasteiger partial charge in [-0.2, -0.15) is 0 Å². The Hall–Kier alpha value is -2.94. The summed E-state index contributed by atoms with van der Waals surface area (Å²) in [5, 5.41) is 2.84. The molecule has 0 saturated heterocycles. The van der Waals surface area contributed by atoms with E-state index in [1.165, 1.54) is 23.1 Å². The fourth-order valence-electron chi connectivity index (χ4n) is 3.51. The molecule has 2 amide bonds. The van der Waals surface area contributed by atoms with E-state index in [0.29, 0.717) is 18.5 Å². The first-order valence-corrected chi connectivity index (χ1v) is 13.2. The van der Waals surface area contributed by atoms with Gasteiger partial charge in [0.1, 0.15) is 18.4 Å². The second-order valence-electron chi connectivity index (χ2n) is 8.36. The van der Waals surface area contributed by atoms with Gasteiger partial charge in [-0.05, 0) is 44.4 Å². The van der Waals surface area contributed by atoms with Gasteiger partial charge in [0.15, 0.2) is 0 Å². The first-order chi connectivity index (χ1) is 16.0. The van der Waals surface area contributed by atoms with Crippen molar-refractivity contribution in [3.05, 3.63) is 65.5 Å². The summed E-state index contributed by atoms with van der Waals surface area (Å²) in [5.41, 5.74) is 1.41. The summed E-state index contributed by atoms with van der Waals surface area (Å²) in [4.78, 5) is 27.6. The average molecular weight is 492 g/mol. The first kappa shape index (κ1) is 27.3. The van der Waals surface area contributed by atoms with Gasteiger partial charge in [-0.3, -0.25) is 13.9 Å². The maximum Gasteiger partial charge on any atom is 0.244 e. The lowest BCUT2D eigenvalue weighted by Gasteiger charge is -2.32. The fraction of sp³-hybridized carbons (Fsp3) is 0.440. The van der Waals surface area contributed by atoms with Crippen LogP contribution in [0.1, 0.15) is 45.2 Å². The molecule has 0 unspecified atom stereocenters. The molecule has 2 aromatic rings. The number of amides is 2. The molecule has 186 valence electrons. The fourth-order valence-corrected chi connectivity index (χ4v) is 4.39. The van der Waals surface area contributed by atoms with Crippen molar-refractivity contribution in [3.63, 3.8) is 0 Å². The average Bonchev–Trinajstić information content (AvgIpc) is 2.80. The van der Waals surface area contributed by atoms with Crippen LogP contribution in [0.25, 0.3) is 0 Å². The molecule has 0 heterocycles. The lowest BCUT2D eigenvalue weighted by atomic mass is 10.1. The molecule has 9 heteroatoms. The zero-order valence-electron chi connectivity index (χ0n) is 20.4. The Morgan fingerprint density at radius 1 is 1.00 bits per heavy atom. The predicted octanol–water partition coefficient (Wildman–Crippen LogP) is 3.49. The minimum absolute atomic E-state index is 0.107. The first-order valence-electron chi connectivity index (χ1n) is 11.4. The summed E-state index contributed by atoms with van der Waals surface area (Å²) in [6.07, 6.45) is 2.31. The Kier molecular flexibility index (Phi) is 9.61. The van der Waals surface area contributed by atoms with Crippen LogP contribution >= 0.6 is 0 Å². The minimum Gasteiger partial charge on any atom is -0.352 e. The second kappa shape index (κ2) is 12.0. The van der Waals surface area contributed by atoms with Gasteiger partial charge < -0.3 is 10.2 Å². The van der Waals surface area contributed by atoms with Crippen LogP contribution in [-0.2, 0) is 32.6 Å². The highest BCUT2D eigenvalue weighted by atomic mass is 32.2. The Balaban J connectivity index is 2.44. The highest BCUT2D eigenvalue weighted by Crippen LogP contribution is 2.24. The number of para-hydroxylation sites is 1. The summed E-state index contributed by atoms with van der Waals surface area (Å²) < 4.78 is 40.8.